The smallest absolute Gasteiger partial charge is 0.260 e. The molecule has 0 fully saturated rings. The Morgan fingerprint density at radius 3 is 2.63 bits per heavy atom. The first-order valence-corrected chi connectivity index (χ1v) is 6.69. The highest BCUT2D eigenvalue weighted by Gasteiger charge is 2.16. The summed E-state index contributed by atoms with van der Waals surface area (Å²) >= 11 is 5.83. The van der Waals surface area contributed by atoms with E-state index in [0.717, 1.165) is 27.5 Å². The van der Waals surface area contributed by atoms with Crippen LogP contribution in [0.3, 0.4) is 0 Å². The van der Waals surface area contributed by atoms with Gasteiger partial charge in [0.15, 0.2) is 0 Å². The van der Waals surface area contributed by atoms with Crippen molar-refractivity contribution in [1.82, 2.24) is 14.3 Å². The lowest BCUT2D eigenvalue weighted by atomic mass is 10.1. The number of benzene rings is 1. The zero-order chi connectivity index (χ0) is 13.6. The molecule has 0 amide bonds. The van der Waals surface area contributed by atoms with Crippen molar-refractivity contribution in [3.8, 4) is 0 Å². The van der Waals surface area contributed by atoms with Gasteiger partial charge in [-0.05, 0) is 13.0 Å². The summed E-state index contributed by atoms with van der Waals surface area (Å²) in [5, 5.41) is 7.14. The molecule has 0 spiro atoms. The molecule has 0 unspecified atom stereocenters. The largest absolute Gasteiger partial charge is 0.291 e. The fourth-order valence-corrected chi connectivity index (χ4v) is 2.86. The van der Waals surface area contributed by atoms with Crippen LogP contribution in [0.1, 0.15) is 5.69 Å². The summed E-state index contributed by atoms with van der Waals surface area (Å²) in [6, 6.07) is 7.65. The Hall–Kier alpha value is -1.81. The number of rotatable bonds is 2. The van der Waals surface area contributed by atoms with Crippen molar-refractivity contribution in [3.63, 3.8) is 0 Å². The Kier molecular flexibility index (Phi) is 2.82. The summed E-state index contributed by atoms with van der Waals surface area (Å²) in [5.74, 6) is 0.400. The molecule has 3 aromatic rings. The number of aromatic nitrogens is 3. The fourth-order valence-electron chi connectivity index (χ4n) is 2.69. The van der Waals surface area contributed by atoms with Crippen LogP contribution in [0.4, 0.5) is 0 Å². The molecule has 2 heterocycles. The van der Waals surface area contributed by atoms with Crippen LogP contribution in [-0.2, 0) is 13.6 Å². The monoisotopic (exact) mass is 275 g/mol. The summed E-state index contributed by atoms with van der Waals surface area (Å²) < 4.78 is 3.47. The molecule has 5 heteroatoms. The highest BCUT2D eigenvalue weighted by Crippen LogP contribution is 2.25. The van der Waals surface area contributed by atoms with Gasteiger partial charge in [-0.25, -0.2) is 0 Å². The molecule has 0 atom stereocenters. The minimum Gasteiger partial charge on any atom is -0.291 e. The first-order valence-electron chi connectivity index (χ1n) is 6.16. The molecule has 0 bridgehead atoms. The average molecular weight is 276 g/mol. The maximum absolute atomic E-state index is 12.6. The van der Waals surface area contributed by atoms with Crippen molar-refractivity contribution >= 4 is 33.4 Å². The van der Waals surface area contributed by atoms with Crippen LogP contribution in [-0.4, -0.2) is 20.2 Å². The highest BCUT2D eigenvalue weighted by molar-refractivity contribution is 6.17. The van der Waals surface area contributed by atoms with Crippen molar-refractivity contribution in [2.75, 3.05) is 5.88 Å². The molecule has 3 rings (SSSR count). The predicted octanol–water partition coefficient (Wildman–Crippen LogP) is 2.44. The summed E-state index contributed by atoms with van der Waals surface area (Å²) in [6.07, 6.45) is 0. The second kappa shape index (κ2) is 4.38. The van der Waals surface area contributed by atoms with E-state index >= 15 is 0 Å². The standard InChI is InChI=1S/C14H14ClN3O/c1-9-12-10-5-3-4-6-11(10)14(19)18(8-7-15)13(12)17(2)16-9/h3-6H,7-8H2,1-2H3. The zero-order valence-corrected chi connectivity index (χ0v) is 11.6. The molecule has 0 saturated heterocycles. The third kappa shape index (κ3) is 1.67. The fraction of sp³-hybridized carbons (Fsp3) is 0.286. The van der Waals surface area contributed by atoms with Gasteiger partial charge in [0.1, 0.15) is 5.65 Å². The number of nitrogens with zero attached hydrogens (tertiary/aromatic N) is 3. The molecule has 1 aromatic carbocycles. The molecule has 0 aliphatic heterocycles. The van der Waals surface area contributed by atoms with Gasteiger partial charge in [0.2, 0.25) is 0 Å². The Labute approximate surface area is 115 Å². The first kappa shape index (κ1) is 12.2. The number of hydrogen-bond donors (Lipinski definition) is 0. The normalized spacial score (nSPS) is 11.5. The summed E-state index contributed by atoms with van der Waals surface area (Å²) in [6.45, 7) is 2.45. The van der Waals surface area contributed by atoms with Gasteiger partial charge in [0, 0.05) is 35.6 Å². The SMILES string of the molecule is Cc1nn(C)c2c1c1ccccc1c(=O)n2CCCl. The van der Waals surface area contributed by atoms with Gasteiger partial charge in [-0.2, -0.15) is 5.10 Å². The average Bonchev–Trinajstić information content (AvgIpc) is 2.70. The lowest BCUT2D eigenvalue weighted by Crippen LogP contribution is -2.23. The Bertz CT molecular complexity index is 832. The molecule has 98 valence electrons. The second-order valence-electron chi connectivity index (χ2n) is 4.60. The predicted molar refractivity (Wildman–Crippen MR) is 77.9 cm³/mol. The van der Waals surface area contributed by atoms with Crippen LogP contribution >= 0.6 is 11.6 Å². The second-order valence-corrected chi connectivity index (χ2v) is 4.98. The molecular weight excluding hydrogens is 262 g/mol. The summed E-state index contributed by atoms with van der Waals surface area (Å²) in [7, 11) is 1.86. The Morgan fingerprint density at radius 1 is 1.26 bits per heavy atom. The van der Waals surface area contributed by atoms with E-state index in [-0.39, 0.29) is 5.56 Å². The number of hydrogen-bond acceptors (Lipinski definition) is 2. The van der Waals surface area contributed by atoms with Gasteiger partial charge in [0.05, 0.1) is 5.69 Å². The minimum atomic E-state index is -0.00764. The van der Waals surface area contributed by atoms with E-state index in [2.05, 4.69) is 5.10 Å². The highest BCUT2D eigenvalue weighted by atomic mass is 35.5. The number of aryl methyl sites for hydroxylation is 3. The molecule has 4 nitrogen and oxygen atoms in total. The van der Waals surface area contributed by atoms with Crippen LogP contribution in [0, 0.1) is 6.92 Å². The molecule has 0 radical (unpaired) electrons. The molecular formula is C14H14ClN3O. The van der Waals surface area contributed by atoms with Crippen LogP contribution in [0.15, 0.2) is 29.1 Å². The van der Waals surface area contributed by atoms with Crippen LogP contribution in [0.2, 0.25) is 0 Å². The lowest BCUT2D eigenvalue weighted by molar-refractivity contribution is 0.699. The van der Waals surface area contributed by atoms with Gasteiger partial charge < -0.3 is 0 Å². The Morgan fingerprint density at radius 2 is 1.95 bits per heavy atom. The van der Waals surface area contributed by atoms with Crippen molar-refractivity contribution < 1.29 is 0 Å². The topological polar surface area (TPSA) is 39.8 Å². The first-order chi connectivity index (χ1) is 9.15. The molecule has 0 saturated carbocycles. The quantitative estimate of drug-likeness (QED) is 0.674. The van der Waals surface area contributed by atoms with Gasteiger partial charge in [0.25, 0.3) is 5.56 Å². The van der Waals surface area contributed by atoms with E-state index in [1.54, 1.807) is 9.25 Å². The van der Waals surface area contributed by atoms with Crippen molar-refractivity contribution in [3.05, 3.63) is 40.3 Å². The Balaban J connectivity index is 2.64. The van der Waals surface area contributed by atoms with Gasteiger partial charge in [-0.3, -0.25) is 14.0 Å². The zero-order valence-electron chi connectivity index (χ0n) is 10.9. The number of fused-ring (bicyclic) bond motifs is 3. The number of halogens is 1. The van der Waals surface area contributed by atoms with E-state index in [9.17, 15) is 4.79 Å². The third-order valence-corrected chi connectivity index (χ3v) is 3.60. The van der Waals surface area contributed by atoms with E-state index in [1.807, 2.05) is 38.2 Å². The third-order valence-electron chi connectivity index (χ3n) is 3.43. The summed E-state index contributed by atoms with van der Waals surface area (Å²) in [5.41, 5.74) is 1.76. The number of pyridine rings is 1. The van der Waals surface area contributed by atoms with Gasteiger partial charge in [-0.15, -0.1) is 11.6 Å². The van der Waals surface area contributed by atoms with Crippen molar-refractivity contribution in [1.29, 1.82) is 0 Å². The van der Waals surface area contributed by atoms with Crippen LogP contribution in [0.25, 0.3) is 21.8 Å². The maximum Gasteiger partial charge on any atom is 0.260 e. The molecule has 0 aliphatic rings. The van der Waals surface area contributed by atoms with Gasteiger partial charge >= 0.3 is 0 Å². The summed E-state index contributed by atoms with van der Waals surface area (Å²) in [4.78, 5) is 12.6. The van der Waals surface area contributed by atoms with E-state index in [0.29, 0.717) is 12.4 Å². The van der Waals surface area contributed by atoms with Crippen molar-refractivity contribution in [2.24, 2.45) is 7.05 Å². The maximum atomic E-state index is 12.6. The lowest BCUT2D eigenvalue weighted by Gasteiger charge is -2.10. The molecule has 0 N–H and O–H groups in total. The molecule has 2 aromatic heterocycles. The molecule has 0 aliphatic carbocycles. The van der Waals surface area contributed by atoms with E-state index in [4.69, 9.17) is 11.6 Å². The van der Waals surface area contributed by atoms with E-state index < -0.39 is 0 Å². The van der Waals surface area contributed by atoms with E-state index in [1.165, 1.54) is 0 Å². The van der Waals surface area contributed by atoms with Crippen molar-refractivity contribution in [2.45, 2.75) is 13.5 Å². The number of alkyl halides is 1. The van der Waals surface area contributed by atoms with Crippen LogP contribution in [0.5, 0.6) is 0 Å². The molecule has 19 heavy (non-hydrogen) atoms. The van der Waals surface area contributed by atoms with Gasteiger partial charge in [-0.1, -0.05) is 18.2 Å². The minimum absolute atomic E-state index is 0.00764. The van der Waals surface area contributed by atoms with Crippen LogP contribution < -0.4 is 5.56 Å².